The van der Waals surface area contributed by atoms with Gasteiger partial charge in [0.1, 0.15) is 11.6 Å². The number of rotatable bonds is 2. The first-order valence-electron chi connectivity index (χ1n) is 13.7. The van der Waals surface area contributed by atoms with Crippen LogP contribution < -0.4 is 0 Å². The number of hydrogen-bond donors (Lipinski definition) is 2. The molecule has 5 aliphatic rings. The number of allylic oxidation sites excluding steroid dienone is 2. The van der Waals surface area contributed by atoms with Gasteiger partial charge in [0, 0.05) is 18.3 Å². The number of carboxylic acid groups (broad SMARTS) is 1. The monoisotopic (exact) mass is 484 g/mol. The van der Waals surface area contributed by atoms with Gasteiger partial charge in [0.05, 0.1) is 17.4 Å². The van der Waals surface area contributed by atoms with E-state index in [1.807, 2.05) is 6.92 Å². The summed E-state index contributed by atoms with van der Waals surface area (Å²) in [6.45, 7) is 13.0. The lowest BCUT2D eigenvalue weighted by Crippen LogP contribution is -2.65. The maximum atomic E-state index is 13.4. The van der Waals surface area contributed by atoms with E-state index in [0.29, 0.717) is 18.8 Å². The van der Waals surface area contributed by atoms with Gasteiger partial charge in [-0.25, -0.2) is 0 Å². The van der Waals surface area contributed by atoms with Gasteiger partial charge in [0.25, 0.3) is 0 Å². The molecular formula is C30H44O5. The lowest BCUT2D eigenvalue weighted by atomic mass is 9.33. The van der Waals surface area contributed by atoms with Crippen molar-refractivity contribution in [1.82, 2.24) is 0 Å². The van der Waals surface area contributed by atoms with Crippen LogP contribution in [0.5, 0.6) is 0 Å². The first kappa shape index (κ1) is 25.2. The van der Waals surface area contributed by atoms with Crippen LogP contribution in [0.2, 0.25) is 0 Å². The molecule has 9 atom stereocenters. The molecule has 5 nitrogen and oxygen atoms in total. The minimum atomic E-state index is -1.01. The zero-order chi connectivity index (χ0) is 25.8. The average Bonchev–Trinajstić information content (AvgIpc) is 2.79. The molecule has 0 aliphatic heterocycles. The van der Waals surface area contributed by atoms with E-state index >= 15 is 0 Å². The number of aliphatic hydroxyl groups excluding tert-OH is 1. The molecule has 35 heavy (non-hydrogen) atoms. The number of aliphatic hydroxyl groups is 1. The van der Waals surface area contributed by atoms with Gasteiger partial charge in [-0.15, -0.1) is 0 Å². The largest absolute Gasteiger partial charge is 0.481 e. The first-order valence-corrected chi connectivity index (χ1v) is 13.7. The Bertz CT molecular complexity index is 1030. The third-order valence-electron chi connectivity index (χ3n) is 13.1. The van der Waals surface area contributed by atoms with Gasteiger partial charge in [-0.1, -0.05) is 46.3 Å². The predicted molar refractivity (Wildman–Crippen MR) is 133 cm³/mol. The van der Waals surface area contributed by atoms with Crippen LogP contribution in [-0.4, -0.2) is 34.4 Å². The molecular weight excluding hydrogens is 440 g/mol. The lowest BCUT2D eigenvalue weighted by Gasteiger charge is -2.70. The van der Waals surface area contributed by atoms with E-state index in [0.717, 1.165) is 38.5 Å². The van der Waals surface area contributed by atoms with Crippen LogP contribution in [0.1, 0.15) is 99.3 Å². The summed E-state index contributed by atoms with van der Waals surface area (Å²) in [4.78, 5) is 38.6. The normalized spacial score (nSPS) is 53.6. The van der Waals surface area contributed by atoms with Crippen LogP contribution in [0, 0.1) is 50.2 Å². The van der Waals surface area contributed by atoms with Gasteiger partial charge >= 0.3 is 5.97 Å². The summed E-state index contributed by atoms with van der Waals surface area (Å²) in [6.07, 6.45) is 9.09. The number of aliphatic carboxylic acids is 1. The fourth-order valence-electron chi connectivity index (χ4n) is 10.3. The quantitative estimate of drug-likeness (QED) is 0.498. The third kappa shape index (κ3) is 2.88. The van der Waals surface area contributed by atoms with E-state index in [9.17, 15) is 24.6 Å². The molecule has 5 heteroatoms. The molecule has 5 rings (SSSR count). The maximum absolute atomic E-state index is 13.4. The van der Waals surface area contributed by atoms with Gasteiger partial charge < -0.3 is 10.2 Å². The van der Waals surface area contributed by atoms with E-state index < -0.39 is 22.2 Å². The molecule has 0 amide bonds. The van der Waals surface area contributed by atoms with Crippen LogP contribution >= 0.6 is 0 Å². The summed E-state index contributed by atoms with van der Waals surface area (Å²) in [5.41, 5.74) is -0.913. The highest BCUT2D eigenvalue weighted by Gasteiger charge is 2.69. The molecule has 1 unspecified atom stereocenters. The number of ketones is 2. The summed E-state index contributed by atoms with van der Waals surface area (Å²) in [5.74, 6) is 0.0289. The Balaban J connectivity index is 1.60. The SMILES string of the molecule is C[C@@]1(C(=O)O)CC(=O)[C@]2(C)CC[C@]3(C)C(=CC[C@@H]4[C@@]5(C)CCC(=O)[C@](C)(CO)C5CC[C@]43C)[C@@H]2C1. The molecule has 4 saturated carbocycles. The van der Waals surface area contributed by atoms with Crippen molar-refractivity contribution in [1.29, 1.82) is 0 Å². The van der Waals surface area contributed by atoms with Crippen molar-refractivity contribution in [3.8, 4) is 0 Å². The Morgan fingerprint density at radius 3 is 2.29 bits per heavy atom. The smallest absolute Gasteiger partial charge is 0.309 e. The molecule has 2 N–H and O–H groups in total. The van der Waals surface area contributed by atoms with Gasteiger partial charge in [-0.3, -0.25) is 14.4 Å². The number of carbonyl (C=O) groups excluding carboxylic acids is 2. The van der Waals surface area contributed by atoms with E-state index in [4.69, 9.17) is 0 Å². The molecule has 0 saturated heterocycles. The zero-order valence-corrected chi connectivity index (χ0v) is 22.5. The standard InChI is InChI=1S/C30H44O5/c1-25(24(34)35)15-19-18-7-8-21-27(3)11-10-22(32)28(4,17-31)20(27)9-12-30(21,6)29(18,5)14-13-26(19,2)23(33)16-25/h7,19-21,31H,8-17H2,1-6H3,(H,34,35)/t19-,20?,21+,25-,26+,27-,28+,29+,30+/m0/s1. The van der Waals surface area contributed by atoms with Crippen molar-refractivity contribution in [2.45, 2.75) is 99.3 Å². The van der Waals surface area contributed by atoms with E-state index in [1.165, 1.54) is 5.57 Å². The molecule has 194 valence electrons. The molecule has 0 bridgehead atoms. The van der Waals surface area contributed by atoms with Crippen molar-refractivity contribution in [2.75, 3.05) is 6.61 Å². The van der Waals surface area contributed by atoms with Gasteiger partial charge in [0.2, 0.25) is 0 Å². The fourth-order valence-corrected chi connectivity index (χ4v) is 10.3. The van der Waals surface area contributed by atoms with Crippen LogP contribution in [0.15, 0.2) is 11.6 Å². The molecule has 0 aromatic heterocycles. The van der Waals surface area contributed by atoms with Crippen LogP contribution in [-0.2, 0) is 14.4 Å². The Labute approximate surface area is 210 Å². The summed E-state index contributed by atoms with van der Waals surface area (Å²) < 4.78 is 0. The van der Waals surface area contributed by atoms with Crippen molar-refractivity contribution in [3.63, 3.8) is 0 Å². The van der Waals surface area contributed by atoms with Crippen molar-refractivity contribution in [2.24, 2.45) is 50.2 Å². The maximum Gasteiger partial charge on any atom is 0.309 e. The molecule has 4 fully saturated rings. The second-order valence-corrected chi connectivity index (χ2v) is 14.4. The molecule has 0 aromatic rings. The highest BCUT2D eigenvalue weighted by atomic mass is 16.4. The highest BCUT2D eigenvalue weighted by molar-refractivity contribution is 5.92. The van der Waals surface area contributed by atoms with Crippen molar-refractivity contribution in [3.05, 3.63) is 11.6 Å². The summed E-state index contributed by atoms with van der Waals surface area (Å²) in [6, 6.07) is 0. The minimum Gasteiger partial charge on any atom is -0.481 e. The zero-order valence-electron chi connectivity index (χ0n) is 22.5. The van der Waals surface area contributed by atoms with Crippen LogP contribution in [0.3, 0.4) is 0 Å². The Morgan fingerprint density at radius 2 is 1.66 bits per heavy atom. The average molecular weight is 485 g/mol. The second-order valence-electron chi connectivity index (χ2n) is 14.4. The Kier molecular flexibility index (Phi) is 5.25. The Hall–Kier alpha value is -1.49. The van der Waals surface area contributed by atoms with Crippen molar-refractivity contribution >= 4 is 17.5 Å². The summed E-state index contributed by atoms with van der Waals surface area (Å²) in [7, 11) is 0. The number of carbonyl (C=O) groups is 3. The van der Waals surface area contributed by atoms with Crippen molar-refractivity contribution < 1.29 is 24.6 Å². The van der Waals surface area contributed by atoms with E-state index in [1.54, 1.807) is 6.92 Å². The van der Waals surface area contributed by atoms with E-state index in [2.05, 4.69) is 33.8 Å². The molecule has 0 radical (unpaired) electrons. The van der Waals surface area contributed by atoms with Gasteiger partial charge in [0.15, 0.2) is 0 Å². The molecule has 5 aliphatic carbocycles. The molecule has 0 heterocycles. The summed E-state index contributed by atoms with van der Waals surface area (Å²) in [5, 5.41) is 20.4. The fraction of sp³-hybridized carbons (Fsp3) is 0.833. The third-order valence-corrected chi connectivity index (χ3v) is 13.1. The highest BCUT2D eigenvalue weighted by Crippen LogP contribution is 2.75. The van der Waals surface area contributed by atoms with Crippen LogP contribution in [0.25, 0.3) is 0 Å². The first-order chi connectivity index (χ1) is 16.1. The summed E-state index contributed by atoms with van der Waals surface area (Å²) >= 11 is 0. The molecule has 0 aromatic carbocycles. The molecule has 0 spiro atoms. The van der Waals surface area contributed by atoms with E-state index in [-0.39, 0.29) is 52.7 Å². The topological polar surface area (TPSA) is 91.7 Å². The predicted octanol–water partition coefficient (Wildman–Crippen LogP) is 5.59. The number of hydrogen-bond acceptors (Lipinski definition) is 4. The van der Waals surface area contributed by atoms with Crippen LogP contribution in [0.4, 0.5) is 0 Å². The van der Waals surface area contributed by atoms with Gasteiger partial charge in [-0.2, -0.15) is 0 Å². The Morgan fingerprint density at radius 1 is 0.971 bits per heavy atom. The number of Topliss-reactive ketones (excluding diaryl/α,β-unsaturated/α-hetero) is 2. The number of fused-ring (bicyclic) bond motifs is 7. The van der Waals surface area contributed by atoms with Gasteiger partial charge in [-0.05, 0) is 85.9 Å². The second kappa shape index (κ2) is 7.30. The minimum absolute atomic E-state index is 0.0144. The lowest BCUT2D eigenvalue weighted by molar-refractivity contribution is -0.192. The number of carboxylic acids is 1.